The van der Waals surface area contributed by atoms with Crippen LogP contribution in [0.5, 0.6) is 0 Å². The maximum absolute atomic E-state index is 4.82. The van der Waals surface area contributed by atoms with Gasteiger partial charge in [0.1, 0.15) is 5.82 Å². The molecule has 4 aromatic rings. The minimum atomic E-state index is 0.550. The molecule has 2 aromatic carbocycles. The van der Waals surface area contributed by atoms with Crippen LogP contribution in [0.2, 0.25) is 0 Å². The second kappa shape index (κ2) is 8.98. The molecular formula is C23H27N7. The normalized spacial score (nSPS) is 11.3. The summed E-state index contributed by atoms with van der Waals surface area (Å²) in [6.45, 7) is 7.47. The van der Waals surface area contributed by atoms with Crippen LogP contribution in [0.25, 0.3) is 22.5 Å². The molecule has 0 radical (unpaired) electrons. The Kier molecular flexibility index (Phi) is 5.97. The zero-order valence-corrected chi connectivity index (χ0v) is 17.7. The van der Waals surface area contributed by atoms with Gasteiger partial charge in [0.2, 0.25) is 0 Å². The van der Waals surface area contributed by atoms with Crippen LogP contribution in [-0.4, -0.2) is 35.4 Å². The van der Waals surface area contributed by atoms with E-state index >= 15 is 0 Å². The quantitative estimate of drug-likeness (QED) is 0.475. The van der Waals surface area contributed by atoms with Gasteiger partial charge in [-0.25, -0.2) is 14.8 Å². The average molecular weight is 402 g/mol. The Balaban J connectivity index is 1.58. The van der Waals surface area contributed by atoms with E-state index in [1.165, 1.54) is 5.56 Å². The molecule has 7 nitrogen and oxygen atoms in total. The number of aryl methyl sites for hydroxylation is 1. The van der Waals surface area contributed by atoms with Crippen LogP contribution in [0.1, 0.15) is 44.4 Å². The van der Waals surface area contributed by atoms with Crippen molar-refractivity contribution in [2.24, 2.45) is 5.92 Å². The lowest BCUT2D eigenvalue weighted by Crippen LogP contribution is -2.06. The van der Waals surface area contributed by atoms with Gasteiger partial charge >= 0.3 is 0 Å². The topological polar surface area (TPSA) is 85.2 Å². The lowest BCUT2D eigenvalue weighted by atomic mass is 9.98. The summed E-state index contributed by atoms with van der Waals surface area (Å²) < 4.78 is 2.07. The molecule has 1 N–H and O–H groups in total. The van der Waals surface area contributed by atoms with Crippen LogP contribution < -0.4 is 0 Å². The van der Waals surface area contributed by atoms with Crippen molar-refractivity contribution in [2.45, 2.75) is 46.6 Å². The van der Waals surface area contributed by atoms with Gasteiger partial charge in [0.15, 0.2) is 11.6 Å². The molecule has 0 bridgehead atoms. The molecular weight excluding hydrogens is 374 g/mol. The van der Waals surface area contributed by atoms with Gasteiger partial charge in [-0.15, -0.1) is 5.10 Å². The largest absolute Gasteiger partial charge is 0.249 e. The van der Waals surface area contributed by atoms with Crippen molar-refractivity contribution in [1.82, 2.24) is 35.4 Å². The van der Waals surface area contributed by atoms with Crippen molar-refractivity contribution in [3.8, 4) is 22.5 Å². The minimum Gasteiger partial charge on any atom is -0.249 e. The summed E-state index contributed by atoms with van der Waals surface area (Å²) in [5, 5.41) is 19.0. The van der Waals surface area contributed by atoms with E-state index in [0.717, 1.165) is 54.1 Å². The number of benzene rings is 2. The highest BCUT2D eigenvalue weighted by Crippen LogP contribution is 2.30. The molecule has 0 aliphatic heterocycles. The second-order valence-electron chi connectivity index (χ2n) is 7.93. The fraction of sp³-hybridized carbons (Fsp3) is 0.348. The molecule has 2 aromatic heterocycles. The van der Waals surface area contributed by atoms with Crippen LogP contribution >= 0.6 is 0 Å². The standard InChI is InChI=1S/C23H27N7/c1-4-13-30-22(24-21(27-30)14-16(2)3)15-17-9-11-18(12-10-17)19-7-5-6-8-20(19)23-25-28-29-26-23/h5-12,16H,4,13-15H2,1-3H3,(H,25,26,28,29). The molecule has 4 rings (SSSR count). The van der Waals surface area contributed by atoms with Crippen LogP contribution in [0.4, 0.5) is 0 Å². The molecule has 0 fully saturated rings. The van der Waals surface area contributed by atoms with Gasteiger partial charge < -0.3 is 0 Å². The summed E-state index contributed by atoms with van der Waals surface area (Å²) in [5.41, 5.74) is 4.42. The highest BCUT2D eigenvalue weighted by Gasteiger charge is 2.13. The van der Waals surface area contributed by atoms with Crippen LogP contribution in [-0.2, 0) is 19.4 Å². The lowest BCUT2D eigenvalue weighted by Gasteiger charge is -2.09. The number of rotatable bonds is 8. The van der Waals surface area contributed by atoms with Gasteiger partial charge in [-0.05, 0) is 39.5 Å². The summed E-state index contributed by atoms with van der Waals surface area (Å²) in [7, 11) is 0. The van der Waals surface area contributed by atoms with E-state index in [1.54, 1.807) is 0 Å². The molecule has 0 saturated carbocycles. The Morgan fingerprint density at radius 2 is 1.77 bits per heavy atom. The van der Waals surface area contributed by atoms with E-state index in [9.17, 15) is 0 Å². The zero-order chi connectivity index (χ0) is 20.9. The monoisotopic (exact) mass is 401 g/mol. The molecule has 0 spiro atoms. The van der Waals surface area contributed by atoms with E-state index in [0.29, 0.717) is 11.7 Å². The van der Waals surface area contributed by atoms with Gasteiger partial charge in [0.25, 0.3) is 0 Å². The zero-order valence-electron chi connectivity index (χ0n) is 17.7. The number of H-pyrrole nitrogens is 1. The van der Waals surface area contributed by atoms with Crippen LogP contribution in [0, 0.1) is 5.92 Å². The molecule has 0 atom stereocenters. The maximum Gasteiger partial charge on any atom is 0.180 e. The van der Waals surface area contributed by atoms with Crippen LogP contribution in [0.15, 0.2) is 48.5 Å². The van der Waals surface area contributed by atoms with E-state index in [4.69, 9.17) is 10.1 Å². The molecule has 154 valence electrons. The summed E-state index contributed by atoms with van der Waals surface area (Å²) >= 11 is 0. The Morgan fingerprint density at radius 1 is 1.00 bits per heavy atom. The highest BCUT2D eigenvalue weighted by molar-refractivity contribution is 5.80. The number of aromatic amines is 1. The molecule has 0 aliphatic carbocycles. The molecule has 0 amide bonds. The second-order valence-corrected chi connectivity index (χ2v) is 7.93. The summed E-state index contributed by atoms with van der Waals surface area (Å²) in [6.07, 6.45) is 2.73. The van der Waals surface area contributed by atoms with Crippen molar-refractivity contribution in [3.63, 3.8) is 0 Å². The van der Waals surface area contributed by atoms with Crippen molar-refractivity contribution < 1.29 is 0 Å². The minimum absolute atomic E-state index is 0.550. The predicted octanol–water partition coefficient (Wildman–Crippen LogP) is 4.32. The molecule has 7 heteroatoms. The third-order valence-corrected chi connectivity index (χ3v) is 4.97. The highest BCUT2D eigenvalue weighted by atomic mass is 15.5. The molecule has 0 unspecified atom stereocenters. The third-order valence-electron chi connectivity index (χ3n) is 4.97. The first kappa shape index (κ1) is 19.9. The lowest BCUT2D eigenvalue weighted by molar-refractivity contribution is 0.559. The number of aromatic nitrogens is 7. The number of nitrogens with zero attached hydrogens (tertiary/aromatic N) is 6. The first-order chi connectivity index (χ1) is 14.6. The van der Waals surface area contributed by atoms with E-state index in [1.807, 2.05) is 18.2 Å². The van der Waals surface area contributed by atoms with Crippen molar-refractivity contribution in [2.75, 3.05) is 0 Å². The van der Waals surface area contributed by atoms with Crippen molar-refractivity contribution >= 4 is 0 Å². The fourth-order valence-corrected chi connectivity index (χ4v) is 3.60. The first-order valence-electron chi connectivity index (χ1n) is 10.5. The molecule has 2 heterocycles. The number of hydrogen-bond acceptors (Lipinski definition) is 5. The van der Waals surface area contributed by atoms with Crippen molar-refractivity contribution in [1.29, 1.82) is 0 Å². The van der Waals surface area contributed by atoms with E-state index in [2.05, 4.69) is 76.4 Å². The Labute approximate surface area is 176 Å². The molecule has 0 saturated heterocycles. The predicted molar refractivity (Wildman–Crippen MR) is 117 cm³/mol. The number of nitrogens with one attached hydrogen (secondary N) is 1. The summed E-state index contributed by atoms with van der Waals surface area (Å²) in [5.74, 6) is 3.20. The Morgan fingerprint density at radius 3 is 2.43 bits per heavy atom. The molecule has 30 heavy (non-hydrogen) atoms. The SMILES string of the molecule is CCCn1nc(CC(C)C)nc1Cc1ccc(-c2ccccc2-c2nnn[nH]2)cc1. The van der Waals surface area contributed by atoms with E-state index < -0.39 is 0 Å². The van der Waals surface area contributed by atoms with Gasteiger partial charge in [-0.3, -0.25) is 0 Å². The fourth-order valence-electron chi connectivity index (χ4n) is 3.60. The van der Waals surface area contributed by atoms with Gasteiger partial charge in [0.05, 0.1) is 0 Å². The van der Waals surface area contributed by atoms with Crippen LogP contribution in [0.3, 0.4) is 0 Å². The number of tetrazole rings is 1. The third kappa shape index (κ3) is 4.45. The first-order valence-corrected chi connectivity index (χ1v) is 10.5. The Bertz CT molecular complexity index is 1080. The van der Waals surface area contributed by atoms with Crippen molar-refractivity contribution in [3.05, 3.63) is 65.7 Å². The Hall–Kier alpha value is -3.35. The summed E-state index contributed by atoms with van der Waals surface area (Å²) in [4.78, 5) is 4.82. The van der Waals surface area contributed by atoms with E-state index in [-0.39, 0.29) is 0 Å². The average Bonchev–Trinajstić information content (AvgIpc) is 3.39. The van der Waals surface area contributed by atoms with Gasteiger partial charge in [-0.2, -0.15) is 5.10 Å². The maximum atomic E-state index is 4.82. The van der Waals surface area contributed by atoms with Gasteiger partial charge in [-0.1, -0.05) is 69.3 Å². The number of hydrogen-bond donors (Lipinski definition) is 1. The summed E-state index contributed by atoms with van der Waals surface area (Å²) in [6, 6.07) is 16.7. The van der Waals surface area contributed by atoms with Gasteiger partial charge in [0, 0.05) is 24.9 Å². The smallest absolute Gasteiger partial charge is 0.180 e. The molecule has 0 aliphatic rings.